The Balaban J connectivity index is 1.82. The van der Waals surface area contributed by atoms with Crippen molar-refractivity contribution in [2.75, 3.05) is 30.8 Å². The average molecular weight is 530 g/mol. The molecule has 0 spiro atoms. The molecule has 0 aliphatic rings. The lowest BCUT2D eigenvalue weighted by Gasteiger charge is -2.24. The van der Waals surface area contributed by atoms with Crippen molar-refractivity contribution in [3.05, 3.63) is 65.1 Å². The lowest BCUT2D eigenvalue weighted by molar-refractivity contribution is -0.116. The Morgan fingerprint density at radius 2 is 1.78 bits per heavy atom. The van der Waals surface area contributed by atoms with Crippen LogP contribution in [0.1, 0.15) is 40.3 Å². The van der Waals surface area contributed by atoms with E-state index in [0.29, 0.717) is 23.8 Å². The zero-order valence-corrected chi connectivity index (χ0v) is 22.7. The van der Waals surface area contributed by atoms with Crippen molar-refractivity contribution in [2.24, 2.45) is 5.92 Å². The number of hydrogen-bond acceptors (Lipinski definition) is 4. The van der Waals surface area contributed by atoms with Gasteiger partial charge in [-0.15, -0.1) is 0 Å². The van der Waals surface area contributed by atoms with Crippen LogP contribution in [-0.4, -0.2) is 46.8 Å². The van der Waals surface area contributed by atoms with E-state index in [1.54, 1.807) is 11.8 Å². The number of halogens is 2. The molecular weight excluding hydrogens is 497 g/mol. The highest BCUT2D eigenvalue weighted by molar-refractivity contribution is 6.31. The van der Waals surface area contributed by atoms with Crippen molar-refractivity contribution >= 4 is 35.0 Å². The van der Waals surface area contributed by atoms with Crippen LogP contribution in [-0.2, 0) is 10.2 Å². The second kappa shape index (κ2) is 11.6. The van der Waals surface area contributed by atoms with Gasteiger partial charge >= 0.3 is 6.03 Å². The van der Waals surface area contributed by atoms with Crippen molar-refractivity contribution in [1.82, 2.24) is 14.7 Å². The smallest absolute Gasteiger partial charge is 0.322 e. The van der Waals surface area contributed by atoms with Crippen molar-refractivity contribution in [1.29, 1.82) is 0 Å². The summed E-state index contributed by atoms with van der Waals surface area (Å²) in [6.07, 6.45) is 0. The zero-order valence-electron chi connectivity index (χ0n) is 21.9. The Kier molecular flexibility index (Phi) is 8.81. The van der Waals surface area contributed by atoms with Crippen LogP contribution in [0.3, 0.4) is 0 Å². The topological polar surface area (TPSA) is 88.5 Å². The van der Waals surface area contributed by atoms with Gasteiger partial charge in [0.25, 0.3) is 0 Å². The molecule has 3 amide bonds. The molecule has 0 bridgehead atoms. The standard InChI is InChI=1S/C27H33ClFN5O3/c1-17(2)15-33(26(36)30-18-7-12-22(29)21(28)13-18)16-25(35)31-24-14-23(27(3,4)5)32-34(24)19-8-10-20(37-6)11-9-19/h7-14,17H,15-16H2,1-6H3,(H,30,36)(H,31,35). The van der Waals surface area contributed by atoms with Crippen LogP contribution in [0, 0.1) is 11.7 Å². The van der Waals surface area contributed by atoms with E-state index in [-0.39, 0.29) is 28.8 Å². The van der Waals surface area contributed by atoms with Crippen molar-refractivity contribution in [2.45, 2.75) is 40.0 Å². The van der Waals surface area contributed by atoms with Gasteiger partial charge in [-0.2, -0.15) is 5.10 Å². The molecule has 198 valence electrons. The summed E-state index contributed by atoms with van der Waals surface area (Å²) in [6.45, 7) is 10.1. The van der Waals surface area contributed by atoms with E-state index in [1.165, 1.54) is 23.1 Å². The molecule has 2 N–H and O–H groups in total. The minimum Gasteiger partial charge on any atom is -0.497 e. The molecular formula is C27H33ClFN5O3. The molecule has 3 aromatic rings. The third-order valence-corrected chi connectivity index (χ3v) is 5.73. The van der Waals surface area contributed by atoms with Crippen LogP contribution in [0.4, 0.5) is 20.7 Å². The first-order valence-corrected chi connectivity index (χ1v) is 12.3. The van der Waals surface area contributed by atoms with E-state index in [1.807, 2.05) is 65.0 Å². The summed E-state index contributed by atoms with van der Waals surface area (Å²) in [4.78, 5) is 27.5. The summed E-state index contributed by atoms with van der Waals surface area (Å²) in [6, 6.07) is 12.6. The quantitative estimate of drug-likeness (QED) is 0.369. The molecule has 2 aromatic carbocycles. The zero-order chi connectivity index (χ0) is 27.3. The maximum Gasteiger partial charge on any atom is 0.322 e. The van der Waals surface area contributed by atoms with E-state index >= 15 is 0 Å². The largest absolute Gasteiger partial charge is 0.497 e. The molecule has 0 fully saturated rings. The molecule has 0 unspecified atom stereocenters. The fourth-order valence-corrected chi connectivity index (χ4v) is 3.73. The fourth-order valence-electron chi connectivity index (χ4n) is 3.55. The Morgan fingerprint density at radius 3 is 2.35 bits per heavy atom. The number of amides is 3. The Morgan fingerprint density at radius 1 is 1.11 bits per heavy atom. The van der Waals surface area contributed by atoms with E-state index in [0.717, 1.165) is 11.4 Å². The van der Waals surface area contributed by atoms with Crippen LogP contribution in [0.15, 0.2) is 48.5 Å². The van der Waals surface area contributed by atoms with Crippen molar-refractivity contribution < 1.29 is 18.7 Å². The second-order valence-corrected chi connectivity index (χ2v) is 10.6. The average Bonchev–Trinajstić information content (AvgIpc) is 3.25. The molecule has 8 nitrogen and oxygen atoms in total. The van der Waals surface area contributed by atoms with Gasteiger partial charge in [0.15, 0.2) is 0 Å². The molecule has 0 aliphatic heterocycles. The molecule has 10 heteroatoms. The van der Waals surface area contributed by atoms with Gasteiger partial charge in [0.1, 0.15) is 23.9 Å². The first-order valence-electron chi connectivity index (χ1n) is 11.9. The third kappa shape index (κ3) is 7.45. The molecule has 37 heavy (non-hydrogen) atoms. The van der Waals surface area contributed by atoms with E-state index in [4.69, 9.17) is 21.4 Å². The molecule has 0 atom stereocenters. The van der Waals surface area contributed by atoms with Crippen molar-refractivity contribution in [3.63, 3.8) is 0 Å². The van der Waals surface area contributed by atoms with Gasteiger partial charge in [-0.25, -0.2) is 13.9 Å². The molecule has 0 saturated heterocycles. The van der Waals surface area contributed by atoms with Crippen molar-refractivity contribution in [3.8, 4) is 11.4 Å². The van der Waals surface area contributed by atoms with Gasteiger partial charge < -0.3 is 20.3 Å². The van der Waals surface area contributed by atoms with Crippen LogP contribution < -0.4 is 15.4 Å². The summed E-state index contributed by atoms with van der Waals surface area (Å²) >= 11 is 5.83. The van der Waals surface area contributed by atoms with E-state index in [9.17, 15) is 14.0 Å². The maximum absolute atomic E-state index is 13.5. The number of nitrogens with one attached hydrogen (secondary N) is 2. The van der Waals surface area contributed by atoms with Crippen LogP contribution in [0.25, 0.3) is 5.69 Å². The molecule has 0 radical (unpaired) electrons. The number of urea groups is 1. The number of aromatic nitrogens is 2. The fraction of sp³-hybridized carbons (Fsp3) is 0.370. The number of carbonyl (C=O) groups excluding carboxylic acids is 2. The SMILES string of the molecule is COc1ccc(-n2nc(C(C)(C)C)cc2NC(=O)CN(CC(C)C)C(=O)Nc2ccc(F)c(Cl)c2)cc1. The number of carbonyl (C=O) groups is 2. The number of rotatable bonds is 8. The summed E-state index contributed by atoms with van der Waals surface area (Å²) < 4.78 is 20.4. The summed E-state index contributed by atoms with van der Waals surface area (Å²) in [5.41, 5.74) is 1.62. The predicted molar refractivity (Wildman–Crippen MR) is 144 cm³/mol. The first kappa shape index (κ1) is 28.0. The lowest BCUT2D eigenvalue weighted by atomic mass is 9.92. The minimum absolute atomic E-state index is 0.104. The normalized spacial score (nSPS) is 11.4. The number of hydrogen-bond donors (Lipinski definition) is 2. The molecule has 0 saturated carbocycles. The Hall–Kier alpha value is -3.59. The van der Waals surface area contributed by atoms with Gasteiger partial charge in [0.2, 0.25) is 5.91 Å². The van der Waals surface area contributed by atoms with Crippen LogP contribution in [0.2, 0.25) is 5.02 Å². The molecule has 0 aliphatic carbocycles. The van der Waals surface area contributed by atoms with Gasteiger partial charge in [0, 0.05) is 23.7 Å². The highest BCUT2D eigenvalue weighted by Crippen LogP contribution is 2.27. The van der Waals surface area contributed by atoms with Gasteiger partial charge in [-0.3, -0.25) is 4.79 Å². The number of nitrogens with zero attached hydrogens (tertiary/aromatic N) is 3. The predicted octanol–water partition coefficient (Wildman–Crippen LogP) is 6.10. The highest BCUT2D eigenvalue weighted by Gasteiger charge is 2.24. The Labute approximate surface area is 221 Å². The second-order valence-electron chi connectivity index (χ2n) is 10.2. The monoisotopic (exact) mass is 529 g/mol. The first-order chi connectivity index (χ1) is 17.4. The number of ether oxygens (including phenoxy) is 1. The van der Waals surface area contributed by atoms with Gasteiger partial charge in [0.05, 0.1) is 23.5 Å². The summed E-state index contributed by atoms with van der Waals surface area (Å²) in [5, 5.41) is 10.2. The summed E-state index contributed by atoms with van der Waals surface area (Å²) in [7, 11) is 1.59. The van der Waals surface area contributed by atoms with Gasteiger partial charge in [-0.05, 0) is 48.4 Å². The van der Waals surface area contributed by atoms with Crippen LogP contribution >= 0.6 is 11.6 Å². The van der Waals surface area contributed by atoms with Crippen LogP contribution in [0.5, 0.6) is 5.75 Å². The number of benzene rings is 2. The van der Waals surface area contributed by atoms with E-state index in [2.05, 4.69) is 10.6 Å². The minimum atomic E-state index is -0.582. The lowest BCUT2D eigenvalue weighted by Crippen LogP contribution is -2.42. The number of anilines is 2. The molecule has 1 aromatic heterocycles. The maximum atomic E-state index is 13.5. The highest BCUT2D eigenvalue weighted by atomic mass is 35.5. The van der Waals surface area contributed by atoms with Gasteiger partial charge in [-0.1, -0.05) is 46.2 Å². The summed E-state index contributed by atoms with van der Waals surface area (Å²) in [5.74, 6) is 0.322. The third-order valence-electron chi connectivity index (χ3n) is 5.44. The number of methoxy groups -OCH3 is 1. The molecule has 1 heterocycles. The molecule has 3 rings (SSSR count). The van der Waals surface area contributed by atoms with E-state index < -0.39 is 11.8 Å². The Bertz CT molecular complexity index is 1250.